The number of hydrogen-bond acceptors (Lipinski definition) is 5. The number of carboxylic acid groups (broad SMARTS) is 1. The van der Waals surface area contributed by atoms with Crippen LogP contribution in [0.3, 0.4) is 0 Å². The van der Waals surface area contributed by atoms with Crippen LogP contribution in [0, 0.1) is 0 Å². The molecule has 0 aliphatic rings. The molecule has 0 radical (unpaired) electrons. The van der Waals surface area contributed by atoms with Gasteiger partial charge in [0, 0.05) is 28.6 Å². The van der Waals surface area contributed by atoms with Crippen molar-refractivity contribution in [3.63, 3.8) is 0 Å². The number of para-hydroxylation sites is 1. The summed E-state index contributed by atoms with van der Waals surface area (Å²) >= 11 is 0. The highest BCUT2D eigenvalue weighted by molar-refractivity contribution is 5.93. The Balaban J connectivity index is 1.74. The van der Waals surface area contributed by atoms with E-state index in [9.17, 15) is 9.90 Å². The van der Waals surface area contributed by atoms with Gasteiger partial charge in [-0.1, -0.05) is 25.1 Å². The van der Waals surface area contributed by atoms with Gasteiger partial charge in [-0.25, -0.2) is 14.6 Å². The number of hydrogen-bond donors (Lipinski definition) is 2. The summed E-state index contributed by atoms with van der Waals surface area (Å²) in [4.78, 5) is 23.0. The normalized spacial score (nSPS) is 12.5. The number of carboxylic acids is 1. The zero-order valence-electron chi connectivity index (χ0n) is 14.1. The van der Waals surface area contributed by atoms with E-state index in [1.54, 1.807) is 11.0 Å². The molecule has 1 aromatic carbocycles. The highest BCUT2D eigenvalue weighted by Gasteiger charge is 2.21. The topological polar surface area (TPSA) is 115 Å². The Labute approximate surface area is 148 Å². The van der Waals surface area contributed by atoms with E-state index in [0.29, 0.717) is 18.2 Å². The number of nitrogens with one attached hydrogen (secondary N) is 1. The van der Waals surface area contributed by atoms with Crippen LogP contribution in [0.5, 0.6) is 0 Å². The first-order valence-electron chi connectivity index (χ1n) is 8.17. The monoisotopic (exact) mass is 351 g/mol. The number of aromatic nitrogens is 7. The Morgan fingerprint density at radius 1 is 1.35 bits per heavy atom. The summed E-state index contributed by atoms with van der Waals surface area (Å²) in [7, 11) is 0. The first-order valence-corrected chi connectivity index (χ1v) is 8.17. The molecule has 0 aliphatic carbocycles. The maximum Gasteiger partial charge on any atom is 0.325 e. The van der Waals surface area contributed by atoms with Gasteiger partial charge in [-0.3, -0.25) is 9.48 Å². The van der Waals surface area contributed by atoms with Crippen LogP contribution in [0.4, 0.5) is 0 Å². The molecular weight excluding hydrogens is 334 g/mol. The second-order valence-corrected chi connectivity index (χ2v) is 6.11. The van der Waals surface area contributed by atoms with Crippen molar-refractivity contribution in [1.82, 2.24) is 34.5 Å². The maximum absolute atomic E-state index is 11.2. The molecule has 9 heteroatoms. The number of rotatable bonds is 6. The van der Waals surface area contributed by atoms with E-state index in [-0.39, 0.29) is 12.5 Å². The minimum atomic E-state index is -0.963. The molecule has 0 saturated heterocycles. The summed E-state index contributed by atoms with van der Waals surface area (Å²) in [5, 5.41) is 18.8. The summed E-state index contributed by atoms with van der Waals surface area (Å²) in [6.07, 6.45) is 4.93. The fourth-order valence-corrected chi connectivity index (χ4v) is 3.02. The van der Waals surface area contributed by atoms with Crippen LogP contribution in [0.25, 0.3) is 22.3 Å². The number of benzene rings is 1. The van der Waals surface area contributed by atoms with Gasteiger partial charge in [0.05, 0.1) is 6.54 Å². The average Bonchev–Trinajstić information content (AvgIpc) is 3.33. The molecule has 0 fully saturated rings. The van der Waals surface area contributed by atoms with Gasteiger partial charge in [-0.05, 0) is 6.07 Å². The molecule has 1 atom stereocenters. The minimum absolute atomic E-state index is 0.0810. The third-order valence-electron chi connectivity index (χ3n) is 4.18. The van der Waals surface area contributed by atoms with Crippen LogP contribution < -0.4 is 0 Å². The maximum atomic E-state index is 11.2. The van der Waals surface area contributed by atoms with Gasteiger partial charge in [0.2, 0.25) is 0 Å². The van der Waals surface area contributed by atoms with Crippen LogP contribution in [-0.2, 0) is 17.9 Å². The molecule has 0 unspecified atom stereocenters. The third kappa shape index (κ3) is 2.94. The number of aromatic amines is 1. The quantitative estimate of drug-likeness (QED) is 0.548. The standard InChI is InChI=1S/C17H17N7O2/c1-11(7-23-10-18-9-20-23)17-21-16(22-24(17)8-15(25)26)13-6-19-14-5-3-2-4-12(13)14/h2-6,9-11,19H,7-8H2,1H3,(H,25,26)/t11-/m0/s1. The number of fused-ring (bicyclic) bond motifs is 1. The molecule has 4 rings (SSSR count). The average molecular weight is 351 g/mol. The van der Waals surface area contributed by atoms with Crippen molar-refractivity contribution >= 4 is 16.9 Å². The van der Waals surface area contributed by atoms with Gasteiger partial charge in [0.25, 0.3) is 0 Å². The van der Waals surface area contributed by atoms with Crippen LogP contribution >= 0.6 is 0 Å². The summed E-state index contributed by atoms with van der Waals surface area (Å²) in [5.41, 5.74) is 1.83. The van der Waals surface area contributed by atoms with Crippen LogP contribution in [0.15, 0.2) is 43.1 Å². The lowest BCUT2D eigenvalue weighted by Crippen LogP contribution is -2.17. The Kier molecular flexibility index (Phi) is 3.96. The Bertz CT molecular complexity index is 1050. The lowest BCUT2D eigenvalue weighted by molar-refractivity contribution is -0.137. The van der Waals surface area contributed by atoms with Crippen LogP contribution in [0.2, 0.25) is 0 Å². The fraction of sp³-hybridized carbons (Fsp3) is 0.235. The van der Waals surface area contributed by atoms with Gasteiger partial charge in [0.15, 0.2) is 5.82 Å². The lowest BCUT2D eigenvalue weighted by atomic mass is 10.1. The van der Waals surface area contributed by atoms with Crippen LogP contribution in [-0.4, -0.2) is 45.6 Å². The highest BCUT2D eigenvalue weighted by atomic mass is 16.4. The molecule has 0 aliphatic heterocycles. The number of H-pyrrole nitrogens is 1. The van der Waals surface area contributed by atoms with Crippen molar-refractivity contribution in [3.8, 4) is 11.4 Å². The van der Waals surface area contributed by atoms with Crippen molar-refractivity contribution in [3.05, 3.63) is 48.9 Å². The Hall–Kier alpha value is -3.49. The number of nitrogens with zero attached hydrogens (tertiary/aromatic N) is 6. The van der Waals surface area contributed by atoms with E-state index in [0.717, 1.165) is 16.5 Å². The molecule has 0 amide bonds. The van der Waals surface area contributed by atoms with E-state index >= 15 is 0 Å². The van der Waals surface area contributed by atoms with Crippen molar-refractivity contribution in [2.75, 3.05) is 0 Å². The van der Waals surface area contributed by atoms with Crippen LogP contribution in [0.1, 0.15) is 18.7 Å². The predicted molar refractivity (Wildman–Crippen MR) is 93.4 cm³/mol. The summed E-state index contributed by atoms with van der Waals surface area (Å²) in [6, 6.07) is 7.85. The zero-order chi connectivity index (χ0) is 18.1. The molecule has 4 aromatic rings. The van der Waals surface area contributed by atoms with Crippen molar-refractivity contribution in [1.29, 1.82) is 0 Å². The predicted octanol–water partition coefficient (Wildman–Crippen LogP) is 1.91. The molecule has 3 aromatic heterocycles. The second-order valence-electron chi connectivity index (χ2n) is 6.11. The largest absolute Gasteiger partial charge is 0.480 e. The van der Waals surface area contributed by atoms with E-state index in [4.69, 9.17) is 0 Å². The third-order valence-corrected chi connectivity index (χ3v) is 4.18. The molecule has 132 valence electrons. The number of carbonyl (C=O) groups is 1. The second kappa shape index (κ2) is 6.43. The Morgan fingerprint density at radius 2 is 2.19 bits per heavy atom. The molecule has 0 saturated carbocycles. The first-order chi connectivity index (χ1) is 12.6. The van der Waals surface area contributed by atoms with Gasteiger partial charge in [-0.2, -0.15) is 10.2 Å². The summed E-state index contributed by atoms with van der Waals surface area (Å²) < 4.78 is 3.14. The molecule has 0 bridgehead atoms. The molecule has 26 heavy (non-hydrogen) atoms. The molecular formula is C17H17N7O2. The Morgan fingerprint density at radius 3 is 2.96 bits per heavy atom. The van der Waals surface area contributed by atoms with E-state index in [2.05, 4.69) is 25.1 Å². The molecule has 3 heterocycles. The lowest BCUT2D eigenvalue weighted by Gasteiger charge is -2.11. The molecule has 0 spiro atoms. The van der Waals surface area contributed by atoms with Gasteiger partial charge >= 0.3 is 5.97 Å². The van der Waals surface area contributed by atoms with Crippen molar-refractivity contribution < 1.29 is 9.90 Å². The van der Waals surface area contributed by atoms with Gasteiger partial charge in [0.1, 0.15) is 25.0 Å². The first kappa shape index (κ1) is 16.0. The van der Waals surface area contributed by atoms with Gasteiger partial charge < -0.3 is 10.1 Å². The SMILES string of the molecule is C[C@@H](Cn1cncn1)c1nc(-c2c[nH]c3ccccc23)nn1CC(=O)O. The van der Waals surface area contributed by atoms with Gasteiger partial charge in [-0.15, -0.1) is 0 Å². The van der Waals surface area contributed by atoms with E-state index in [1.165, 1.54) is 11.0 Å². The van der Waals surface area contributed by atoms with E-state index < -0.39 is 5.97 Å². The minimum Gasteiger partial charge on any atom is -0.480 e. The summed E-state index contributed by atoms with van der Waals surface area (Å²) in [5.74, 6) is 0.0596. The summed E-state index contributed by atoms with van der Waals surface area (Å²) in [6.45, 7) is 2.25. The van der Waals surface area contributed by atoms with Crippen molar-refractivity contribution in [2.24, 2.45) is 0 Å². The molecule has 2 N–H and O–H groups in total. The highest BCUT2D eigenvalue weighted by Crippen LogP contribution is 2.27. The van der Waals surface area contributed by atoms with Crippen molar-refractivity contribution in [2.45, 2.75) is 25.9 Å². The van der Waals surface area contributed by atoms with E-state index in [1.807, 2.05) is 37.4 Å². The number of aliphatic carboxylic acids is 1. The fourth-order valence-electron chi connectivity index (χ4n) is 3.02. The molecule has 9 nitrogen and oxygen atoms in total. The zero-order valence-corrected chi connectivity index (χ0v) is 14.1. The smallest absolute Gasteiger partial charge is 0.325 e.